The fourth-order valence-corrected chi connectivity index (χ4v) is 4.33. The smallest absolute Gasteiger partial charge is 0.246 e. The molecule has 1 saturated heterocycles. The van der Waals surface area contributed by atoms with Crippen molar-refractivity contribution in [3.8, 4) is 0 Å². The second-order valence-corrected chi connectivity index (χ2v) is 7.89. The van der Waals surface area contributed by atoms with Gasteiger partial charge in [0.1, 0.15) is 10.7 Å². The van der Waals surface area contributed by atoms with Gasteiger partial charge in [-0.25, -0.2) is 12.8 Å². The van der Waals surface area contributed by atoms with Crippen LogP contribution in [0.15, 0.2) is 29.2 Å². The molecule has 2 atom stereocenters. The number of piperazine rings is 1. The minimum atomic E-state index is -3.84. The molecule has 1 aromatic carbocycles. The molecule has 22 heavy (non-hydrogen) atoms. The number of carbonyl (C=O) groups excluding carboxylic acids is 1. The molecule has 1 amide bonds. The minimum absolute atomic E-state index is 0.106. The number of carbonyl (C=O) groups is 1. The van der Waals surface area contributed by atoms with Crippen molar-refractivity contribution in [2.75, 3.05) is 26.2 Å². The highest BCUT2D eigenvalue weighted by Gasteiger charge is 2.42. The summed E-state index contributed by atoms with van der Waals surface area (Å²) >= 11 is 0. The second-order valence-electron chi connectivity index (χ2n) is 5.98. The van der Waals surface area contributed by atoms with Crippen LogP contribution in [0.25, 0.3) is 0 Å². The van der Waals surface area contributed by atoms with Crippen LogP contribution in [0.5, 0.6) is 0 Å². The van der Waals surface area contributed by atoms with Crippen molar-refractivity contribution < 1.29 is 17.6 Å². The summed E-state index contributed by atoms with van der Waals surface area (Å²) in [5.41, 5.74) is 0. The molecular weight excluding hydrogens is 307 g/mol. The Labute approximate surface area is 129 Å². The summed E-state index contributed by atoms with van der Waals surface area (Å²) in [6, 6.07) is 5.38. The number of hydrogen-bond acceptors (Lipinski definition) is 3. The van der Waals surface area contributed by atoms with Gasteiger partial charge in [0.2, 0.25) is 15.9 Å². The fraction of sp³-hybridized carbons (Fsp3) is 0.533. The first-order chi connectivity index (χ1) is 10.4. The third-order valence-corrected chi connectivity index (χ3v) is 6.36. The summed E-state index contributed by atoms with van der Waals surface area (Å²) in [5, 5.41) is 0. The van der Waals surface area contributed by atoms with Crippen molar-refractivity contribution in [3.63, 3.8) is 0 Å². The molecule has 2 aliphatic rings. The average Bonchev–Trinajstić information content (AvgIpc) is 3.24. The predicted molar refractivity (Wildman–Crippen MR) is 79.0 cm³/mol. The number of benzene rings is 1. The van der Waals surface area contributed by atoms with Crippen LogP contribution in [0.4, 0.5) is 4.39 Å². The minimum Gasteiger partial charge on any atom is -0.340 e. The summed E-state index contributed by atoms with van der Waals surface area (Å²) in [4.78, 5) is 13.6. The second kappa shape index (κ2) is 5.62. The molecule has 7 heteroatoms. The van der Waals surface area contributed by atoms with Crippen LogP contribution in [0.1, 0.15) is 13.3 Å². The van der Waals surface area contributed by atoms with Gasteiger partial charge in [-0.1, -0.05) is 19.1 Å². The van der Waals surface area contributed by atoms with E-state index in [0.717, 1.165) is 12.5 Å². The van der Waals surface area contributed by atoms with E-state index in [9.17, 15) is 17.6 Å². The number of amides is 1. The first-order valence-corrected chi connectivity index (χ1v) is 8.88. The molecule has 0 bridgehead atoms. The molecule has 1 aliphatic heterocycles. The number of halogens is 1. The van der Waals surface area contributed by atoms with E-state index in [2.05, 4.69) is 0 Å². The molecule has 0 radical (unpaired) electrons. The Kier molecular flexibility index (Phi) is 3.94. The summed E-state index contributed by atoms with van der Waals surface area (Å²) in [7, 11) is -3.84. The zero-order valence-corrected chi connectivity index (χ0v) is 13.2. The van der Waals surface area contributed by atoms with Gasteiger partial charge in [-0.15, -0.1) is 0 Å². The van der Waals surface area contributed by atoms with Gasteiger partial charge in [0.15, 0.2) is 0 Å². The number of rotatable bonds is 3. The van der Waals surface area contributed by atoms with Gasteiger partial charge < -0.3 is 4.90 Å². The zero-order chi connectivity index (χ0) is 15.9. The lowest BCUT2D eigenvalue weighted by Gasteiger charge is -2.34. The average molecular weight is 326 g/mol. The summed E-state index contributed by atoms with van der Waals surface area (Å²) < 4.78 is 39.9. The van der Waals surface area contributed by atoms with Gasteiger partial charge in [0.25, 0.3) is 0 Å². The van der Waals surface area contributed by atoms with Gasteiger partial charge in [-0.05, 0) is 24.5 Å². The maximum Gasteiger partial charge on any atom is 0.246 e. The van der Waals surface area contributed by atoms with E-state index in [-0.39, 0.29) is 29.8 Å². The van der Waals surface area contributed by atoms with Gasteiger partial charge in [0.05, 0.1) is 0 Å². The molecule has 1 aromatic rings. The van der Waals surface area contributed by atoms with Crippen molar-refractivity contribution in [1.29, 1.82) is 0 Å². The van der Waals surface area contributed by atoms with Crippen molar-refractivity contribution in [3.05, 3.63) is 30.1 Å². The molecule has 0 N–H and O–H groups in total. The van der Waals surface area contributed by atoms with Crippen LogP contribution >= 0.6 is 0 Å². The zero-order valence-electron chi connectivity index (χ0n) is 12.4. The van der Waals surface area contributed by atoms with Crippen LogP contribution < -0.4 is 0 Å². The van der Waals surface area contributed by atoms with Crippen LogP contribution in [0, 0.1) is 17.7 Å². The number of nitrogens with zero attached hydrogens (tertiary/aromatic N) is 2. The monoisotopic (exact) mass is 326 g/mol. The molecule has 3 rings (SSSR count). The maximum atomic E-state index is 13.7. The highest BCUT2D eigenvalue weighted by atomic mass is 32.2. The first-order valence-electron chi connectivity index (χ1n) is 7.44. The highest BCUT2D eigenvalue weighted by Crippen LogP contribution is 2.39. The molecule has 1 heterocycles. The van der Waals surface area contributed by atoms with Crippen molar-refractivity contribution in [2.24, 2.45) is 11.8 Å². The predicted octanol–water partition coefficient (Wildman–Crippen LogP) is 1.31. The van der Waals surface area contributed by atoms with E-state index >= 15 is 0 Å². The third-order valence-electron chi connectivity index (χ3n) is 4.43. The molecule has 1 saturated carbocycles. The molecule has 120 valence electrons. The lowest BCUT2D eigenvalue weighted by atomic mass is 10.2. The largest absolute Gasteiger partial charge is 0.340 e. The highest BCUT2D eigenvalue weighted by molar-refractivity contribution is 7.89. The molecule has 0 spiro atoms. The Morgan fingerprint density at radius 1 is 1.18 bits per heavy atom. The Morgan fingerprint density at radius 2 is 1.77 bits per heavy atom. The van der Waals surface area contributed by atoms with Crippen molar-refractivity contribution >= 4 is 15.9 Å². The summed E-state index contributed by atoms with van der Waals surface area (Å²) in [5.74, 6) is -0.0781. The lowest BCUT2D eigenvalue weighted by Crippen LogP contribution is -2.51. The Morgan fingerprint density at radius 3 is 2.32 bits per heavy atom. The lowest BCUT2D eigenvalue weighted by molar-refractivity contribution is -0.134. The van der Waals surface area contributed by atoms with E-state index in [4.69, 9.17) is 0 Å². The standard InChI is InChI=1S/C15H19FN2O3S/c1-11-10-12(11)15(19)17-6-8-18(9-7-17)22(20,21)14-5-3-2-4-13(14)16/h2-5,11-12H,6-10H2,1H3/t11-,12-/m1/s1. The summed E-state index contributed by atoms with van der Waals surface area (Å²) in [6.45, 7) is 3.21. The third kappa shape index (κ3) is 2.75. The number of hydrogen-bond donors (Lipinski definition) is 0. The van der Waals surface area contributed by atoms with Crippen LogP contribution in [-0.2, 0) is 14.8 Å². The van der Waals surface area contributed by atoms with E-state index < -0.39 is 15.8 Å². The quantitative estimate of drug-likeness (QED) is 0.842. The Bertz CT molecular complexity index is 684. The van der Waals surface area contributed by atoms with E-state index in [1.807, 2.05) is 6.92 Å². The van der Waals surface area contributed by atoms with Crippen molar-refractivity contribution in [2.45, 2.75) is 18.2 Å². The molecule has 0 unspecified atom stereocenters. The normalized spacial score (nSPS) is 26.0. The molecular formula is C15H19FN2O3S. The first kappa shape index (κ1) is 15.4. The van der Waals surface area contributed by atoms with Gasteiger partial charge in [-0.3, -0.25) is 4.79 Å². The van der Waals surface area contributed by atoms with Crippen molar-refractivity contribution in [1.82, 2.24) is 9.21 Å². The SMILES string of the molecule is C[C@@H]1C[C@H]1C(=O)N1CCN(S(=O)(=O)c2ccccc2F)CC1. The number of sulfonamides is 1. The summed E-state index contributed by atoms with van der Waals surface area (Å²) in [6.07, 6.45) is 0.923. The van der Waals surface area contributed by atoms with E-state index in [1.54, 1.807) is 4.90 Å². The van der Waals surface area contributed by atoms with Crippen LogP contribution in [0.2, 0.25) is 0 Å². The van der Waals surface area contributed by atoms with Gasteiger partial charge >= 0.3 is 0 Å². The Hall–Kier alpha value is -1.47. The maximum absolute atomic E-state index is 13.7. The molecule has 0 aromatic heterocycles. The molecule has 1 aliphatic carbocycles. The fourth-order valence-electron chi connectivity index (χ4n) is 2.84. The van der Waals surface area contributed by atoms with E-state index in [1.165, 1.54) is 22.5 Å². The van der Waals surface area contributed by atoms with Gasteiger partial charge in [0, 0.05) is 32.1 Å². The topological polar surface area (TPSA) is 57.7 Å². The van der Waals surface area contributed by atoms with Crippen LogP contribution in [-0.4, -0.2) is 49.7 Å². The molecule has 2 fully saturated rings. The van der Waals surface area contributed by atoms with E-state index in [0.29, 0.717) is 19.0 Å². The van der Waals surface area contributed by atoms with Crippen LogP contribution in [0.3, 0.4) is 0 Å². The van der Waals surface area contributed by atoms with Gasteiger partial charge in [-0.2, -0.15) is 4.31 Å². The Balaban J connectivity index is 1.68. The molecule has 5 nitrogen and oxygen atoms in total.